The van der Waals surface area contributed by atoms with Gasteiger partial charge < -0.3 is 9.80 Å². The highest BCUT2D eigenvalue weighted by atomic mass is 19.4. The van der Waals surface area contributed by atoms with E-state index < -0.39 is 12.1 Å². The first-order valence-corrected chi connectivity index (χ1v) is 8.29. The molecule has 134 valence electrons. The summed E-state index contributed by atoms with van der Waals surface area (Å²) in [6, 6.07) is 5.36. The number of rotatable bonds is 2. The van der Waals surface area contributed by atoms with Gasteiger partial charge in [-0.15, -0.1) is 0 Å². The molecule has 4 nitrogen and oxygen atoms in total. The zero-order valence-corrected chi connectivity index (χ0v) is 13.7. The molecule has 0 radical (unpaired) electrons. The molecule has 1 saturated heterocycles. The van der Waals surface area contributed by atoms with Crippen LogP contribution in [0.5, 0.6) is 0 Å². The summed E-state index contributed by atoms with van der Waals surface area (Å²) in [5, 5.41) is 0. The van der Waals surface area contributed by atoms with Gasteiger partial charge in [-0.3, -0.25) is 9.59 Å². The van der Waals surface area contributed by atoms with Gasteiger partial charge in [0, 0.05) is 32.3 Å². The van der Waals surface area contributed by atoms with Crippen molar-refractivity contribution in [2.24, 2.45) is 0 Å². The quantitative estimate of drug-likeness (QED) is 0.768. The van der Waals surface area contributed by atoms with E-state index in [-0.39, 0.29) is 19.0 Å². The lowest BCUT2D eigenvalue weighted by molar-refractivity contribution is -0.186. The summed E-state index contributed by atoms with van der Waals surface area (Å²) in [5.41, 5.74) is 2.47. The fourth-order valence-corrected chi connectivity index (χ4v) is 3.24. The molecule has 0 aromatic heterocycles. The van der Waals surface area contributed by atoms with Crippen LogP contribution >= 0.6 is 0 Å². The molecule has 0 spiro atoms. The Morgan fingerprint density at radius 1 is 1.00 bits per heavy atom. The summed E-state index contributed by atoms with van der Waals surface area (Å²) in [7, 11) is 0. The minimum atomic E-state index is -4.84. The van der Waals surface area contributed by atoms with Crippen LogP contribution in [0.25, 0.3) is 6.08 Å². The van der Waals surface area contributed by atoms with E-state index in [0.717, 1.165) is 42.0 Å². The number of hydrogen-bond donors (Lipinski definition) is 0. The highest BCUT2D eigenvalue weighted by Crippen LogP contribution is 2.25. The Bertz CT molecular complexity index is 707. The van der Waals surface area contributed by atoms with Gasteiger partial charge in [0.05, 0.1) is 0 Å². The molecule has 1 aromatic carbocycles. The van der Waals surface area contributed by atoms with Crippen LogP contribution in [-0.2, 0) is 22.6 Å². The molecule has 25 heavy (non-hydrogen) atoms. The van der Waals surface area contributed by atoms with Crippen molar-refractivity contribution >= 4 is 17.9 Å². The lowest BCUT2D eigenvalue weighted by atomic mass is 9.97. The van der Waals surface area contributed by atoms with Crippen molar-refractivity contribution in [3.8, 4) is 0 Å². The van der Waals surface area contributed by atoms with E-state index in [0.29, 0.717) is 12.0 Å². The lowest BCUT2D eigenvalue weighted by Crippen LogP contribution is -2.43. The monoisotopic (exact) mass is 352 g/mol. The summed E-state index contributed by atoms with van der Waals surface area (Å²) in [4.78, 5) is 26.0. The molecule has 1 aromatic rings. The molecule has 0 unspecified atom stereocenters. The molecular formula is C18H19F3N2O2. The Morgan fingerprint density at radius 2 is 1.72 bits per heavy atom. The van der Waals surface area contributed by atoms with E-state index in [1.54, 1.807) is 23.1 Å². The first kappa shape index (κ1) is 17.5. The van der Waals surface area contributed by atoms with Crippen molar-refractivity contribution in [2.75, 3.05) is 19.6 Å². The maximum atomic E-state index is 12.5. The number of fused-ring (bicyclic) bond motifs is 1. The van der Waals surface area contributed by atoms with Gasteiger partial charge in [-0.2, -0.15) is 13.2 Å². The minimum absolute atomic E-state index is 0.0165. The van der Waals surface area contributed by atoms with Gasteiger partial charge >= 0.3 is 12.1 Å². The molecule has 2 heterocycles. The number of halogens is 3. The number of nitrogens with zero attached hydrogens (tertiary/aromatic N) is 2. The van der Waals surface area contributed by atoms with E-state index in [1.165, 1.54) is 6.08 Å². The summed E-state index contributed by atoms with van der Waals surface area (Å²) in [6.45, 7) is 1.59. The van der Waals surface area contributed by atoms with Gasteiger partial charge in [-0.25, -0.2) is 0 Å². The number of hydrogen-bond acceptors (Lipinski definition) is 2. The van der Waals surface area contributed by atoms with Crippen LogP contribution in [0, 0.1) is 0 Å². The fourth-order valence-electron chi connectivity index (χ4n) is 3.24. The van der Waals surface area contributed by atoms with E-state index in [4.69, 9.17) is 0 Å². The number of carbonyl (C=O) groups is 2. The van der Waals surface area contributed by atoms with Gasteiger partial charge in [0.15, 0.2) is 0 Å². The van der Waals surface area contributed by atoms with Gasteiger partial charge in [0.25, 0.3) is 0 Å². The molecular weight excluding hydrogens is 333 g/mol. The number of carbonyl (C=O) groups excluding carboxylic acids is 2. The third-order valence-electron chi connectivity index (χ3n) is 4.61. The topological polar surface area (TPSA) is 40.6 Å². The Morgan fingerprint density at radius 3 is 2.40 bits per heavy atom. The lowest BCUT2D eigenvalue weighted by Gasteiger charge is -2.29. The summed E-state index contributed by atoms with van der Waals surface area (Å²) in [6.07, 6.45) is 0.871. The maximum absolute atomic E-state index is 12.5. The number of benzene rings is 1. The van der Waals surface area contributed by atoms with Crippen molar-refractivity contribution in [2.45, 2.75) is 32.0 Å². The molecule has 1 fully saturated rings. The first-order valence-electron chi connectivity index (χ1n) is 8.29. The predicted octanol–water partition coefficient (Wildman–Crippen LogP) is 2.77. The van der Waals surface area contributed by atoms with Gasteiger partial charge in [0.1, 0.15) is 0 Å². The van der Waals surface area contributed by atoms with Crippen LogP contribution in [-0.4, -0.2) is 47.4 Å². The molecule has 2 amide bonds. The van der Waals surface area contributed by atoms with Crippen molar-refractivity contribution in [1.29, 1.82) is 0 Å². The van der Waals surface area contributed by atoms with E-state index >= 15 is 0 Å². The predicted molar refractivity (Wildman–Crippen MR) is 86.5 cm³/mol. The number of alkyl halides is 3. The van der Waals surface area contributed by atoms with E-state index in [1.807, 2.05) is 6.07 Å². The Kier molecular flexibility index (Phi) is 4.83. The van der Waals surface area contributed by atoms with Crippen molar-refractivity contribution in [3.63, 3.8) is 0 Å². The van der Waals surface area contributed by atoms with Gasteiger partial charge in [0.2, 0.25) is 5.91 Å². The maximum Gasteiger partial charge on any atom is 0.471 e. The third kappa shape index (κ3) is 4.03. The first-order chi connectivity index (χ1) is 11.8. The number of likely N-dealkylation sites (tertiary alicyclic amines) is 1. The molecule has 3 rings (SSSR count). The van der Waals surface area contributed by atoms with Crippen LogP contribution in [0.1, 0.15) is 29.5 Å². The Labute approximate surface area is 143 Å². The summed E-state index contributed by atoms with van der Waals surface area (Å²) in [5.74, 6) is -1.81. The summed E-state index contributed by atoms with van der Waals surface area (Å²) >= 11 is 0. The second-order valence-corrected chi connectivity index (χ2v) is 6.37. The SMILES string of the molecule is O=C(/C=C/c1ccc2c(c1)CCN(C(=O)C(F)(F)F)C2)N1CCCC1. The second kappa shape index (κ2) is 6.90. The standard InChI is InChI=1S/C18H19F3N2O2/c19-18(20,21)17(25)23-10-7-14-11-13(3-5-15(14)12-23)4-6-16(24)22-8-1-2-9-22/h3-6,11H,1-2,7-10,12H2/b6-4+. The van der Waals surface area contributed by atoms with Crippen molar-refractivity contribution < 1.29 is 22.8 Å². The normalized spacial score (nSPS) is 17.9. The Hall–Kier alpha value is -2.31. The van der Waals surface area contributed by atoms with Gasteiger partial charge in [-0.1, -0.05) is 18.2 Å². The Balaban J connectivity index is 1.67. The molecule has 0 aliphatic carbocycles. The molecule has 7 heteroatoms. The smallest absolute Gasteiger partial charge is 0.339 e. The second-order valence-electron chi connectivity index (χ2n) is 6.37. The molecule has 2 aliphatic heterocycles. The third-order valence-corrected chi connectivity index (χ3v) is 4.61. The van der Waals surface area contributed by atoms with Crippen LogP contribution in [0.4, 0.5) is 13.2 Å². The zero-order valence-electron chi connectivity index (χ0n) is 13.7. The van der Waals surface area contributed by atoms with Crippen LogP contribution < -0.4 is 0 Å². The average molecular weight is 352 g/mol. The van der Waals surface area contributed by atoms with Crippen molar-refractivity contribution in [3.05, 3.63) is 41.0 Å². The van der Waals surface area contributed by atoms with Crippen LogP contribution in [0.15, 0.2) is 24.3 Å². The average Bonchev–Trinajstić information content (AvgIpc) is 3.12. The molecule has 0 bridgehead atoms. The largest absolute Gasteiger partial charge is 0.471 e. The fraction of sp³-hybridized carbons (Fsp3) is 0.444. The number of amides is 2. The highest BCUT2D eigenvalue weighted by Gasteiger charge is 2.43. The zero-order chi connectivity index (χ0) is 18.0. The van der Waals surface area contributed by atoms with Crippen LogP contribution in [0.3, 0.4) is 0 Å². The van der Waals surface area contributed by atoms with Gasteiger partial charge in [-0.05, 0) is 42.0 Å². The van der Waals surface area contributed by atoms with Crippen molar-refractivity contribution in [1.82, 2.24) is 9.80 Å². The molecule has 0 N–H and O–H groups in total. The van der Waals surface area contributed by atoms with E-state index in [9.17, 15) is 22.8 Å². The highest BCUT2D eigenvalue weighted by molar-refractivity contribution is 5.92. The van der Waals surface area contributed by atoms with Crippen LogP contribution in [0.2, 0.25) is 0 Å². The minimum Gasteiger partial charge on any atom is -0.339 e. The molecule has 2 aliphatic rings. The van der Waals surface area contributed by atoms with E-state index in [2.05, 4.69) is 0 Å². The molecule has 0 atom stereocenters. The molecule has 0 saturated carbocycles. The summed E-state index contributed by atoms with van der Waals surface area (Å²) < 4.78 is 37.6.